The van der Waals surface area contributed by atoms with Gasteiger partial charge in [0.25, 0.3) is 5.91 Å². The molecule has 2 amide bonds. The lowest BCUT2D eigenvalue weighted by atomic mass is 9.79. The predicted octanol–water partition coefficient (Wildman–Crippen LogP) is 4.56. The number of phenolic OH excluding ortho intramolecular Hbond substituents is 1. The van der Waals surface area contributed by atoms with Gasteiger partial charge in [0.05, 0.1) is 36.7 Å². The Balaban J connectivity index is 2.26. The molecule has 2 aliphatic heterocycles. The first-order valence-electron chi connectivity index (χ1n) is 19.6. The molecule has 0 radical (unpaired) electrons. The number of allylic oxidation sites excluding steroid dienone is 7. The third-order valence-corrected chi connectivity index (χ3v) is 10.5. The molecule has 4 rings (SSSR count). The highest BCUT2D eigenvalue weighted by atomic mass is 16.5. The third kappa shape index (κ3) is 12.1. The number of aliphatic hydroxyl groups excluding tert-OH is 3. The van der Waals surface area contributed by atoms with Gasteiger partial charge in [-0.25, -0.2) is 4.79 Å². The van der Waals surface area contributed by atoms with Gasteiger partial charge < -0.3 is 35.8 Å². The number of carbonyl (C=O) groups excluding carboxylic acids is 7. The molecule has 3 aliphatic rings. The molecule has 14 heteroatoms. The number of hydrogen-bond acceptors (Lipinski definition) is 12. The molecule has 4 bridgehead atoms. The molecule has 1 aromatic carbocycles. The van der Waals surface area contributed by atoms with E-state index in [1.165, 1.54) is 51.1 Å². The number of benzene rings is 1. The van der Waals surface area contributed by atoms with Crippen LogP contribution in [0.2, 0.25) is 0 Å². The zero-order valence-corrected chi connectivity index (χ0v) is 35.5. The summed E-state index contributed by atoms with van der Waals surface area (Å²) in [6.07, 6.45) is 10.1. The highest BCUT2D eigenvalue weighted by molar-refractivity contribution is 6.32. The molecule has 1 unspecified atom stereocenters. The van der Waals surface area contributed by atoms with Crippen molar-refractivity contribution in [3.05, 3.63) is 111 Å². The van der Waals surface area contributed by atoms with Gasteiger partial charge in [-0.05, 0) is 56.9 Å². The summed E-state index contributed by atoms with van der Waals surface area (Å²) in [4.78, 5) is 94.6. The second-order valence-electron chi connectivity index (χ2n) is 15.4. The number of carbonyl (C=O) groups is 7. The Hall–Kier alpha value is -5.83. The van der Waals surface area contributed by atoms with Crippen LogP contribution >= 0.6 is 0 Å². The maximum Gasteiger partial charge on any atom is 0.328 e. The summed E-state index contributed by atoms with van der Waals surface area (Å²) in [7, 11) is 1.06. The molecule has 1 aliphatic carbocycles. The normalized spacial score (nSPS) is 28.9. The summed E-state index contributed by atoms with van der Waals surface area (Å²) in [5.74, 6) is -7.72. The number of rotatable bonds is 4. The quantitative estimate of drug-likeness (QED) is 0.181. The van der Waals surface area contributed by atoms with E-state index < -0.39 is 112 Å². The van der Waals surface area contributed by atoms with Gasteiger partial charge in [-0.3, -0.25) is 28.8 Å². The molecule has 14 nitrogen and oxygen atoms in total. The number of nitrogens with one attached hydrogen (secondary N) is 2. The molecular formula is C46H56N2O12. The Bertz CT molecular complexity index is 2130. The lowest BCUT2D eigenvalue weighted by Gasteiger charge is -2.26. The van der Waals surface area contributed by atoms with E-state index in [0.29, 0.717) is 5.57 Å². The van der Waals surface area contributed by atoms with Crippen molar-refractivity contribution in [3.8, 4) is 5.75 Å². The van der Waals surface area contributed by atoms with Crippen LogP contribution in [0.5, 0.6) is 5.75 Å². The van der Waals surface area contributed by atoms with Crippen LogP contribution in [0.4, 0.5) is 0 Å². The van der Waals surface area contributed by atoms with Crippen LogP contribution in [-0.2, 0) is 23.9 Å². The second kappa shape index (κ2) is 21.4. The molecule has 6 N–H and O–H groups in total. The molecule has 60 heavy (non-hydrogen) atoms. The number of ether oxygens (including phenoxy) is 1. The average molecular weight is 829 g/mol. The van der Waals surface area contributed by atoms with Crippen LogP contribution in [0, 0.1) is 24.7 Å². The van der Waals surface area contributed by atoms with Gasteiger partial charge >= 0.3 is 5.97 Å². The van der Waals surface area contributed by atoms with E-state index in [2.05, 4.69) is 10.6 Å². The molecule has 0 saturated heterocycles. The first-order valence-corrected chi connectivity index (χ1v) is 19.6. The minimum atomic E-state index is -1.50. The molecule has 322 valence electrons. The summed E-state index contributed by atoms with van der Waals surface area (Å²) >= 11 is 0. The Labute approximate surface area is 350 Å². The topological polar surface area (TPSA) is 234 Å². The zero-order valence-electron chi connectivity index (χ0n) is 35.5. The van der Waals surface area contributed by atoms with Crippen molar-refractivity contribution in [1.29, 1.82) is 0 Å². The molecule has 1 aromatic rings. The van der Waals surface area contributed by atoms with Crippen LogP contribution < -0.4 is 10.6 Å². The van der Waals surface area contributed by atoms with E-state index in [-0.39, 0.29) is 40.9 Å². The standard InChI is InChI=1S/C46H56N2O12/c1-23-13-11-10-12-14-26(4)45(58)48-39-33(21-34(46(59)60-9)47-30(8)49)43(56)37-32(44(39)57)20-29(7)42(55)38(37)41(54)28(6)19-27(5)40(53)25(3)16-18-31(50)17-15-24(2)36(52)22-35(23)51/h10-16,18-20,23,25,27,31,34-35,40,50-51,53,55H,17,21-22H2,1-9H3,(H,47,49)(H,48,58)/b12-10-,13-11+,18-16+,24-15+,26-14-,28-19+/t23-,25-,27-,31-,34?,35-,40-/m0/s1. The van der Waals surface area contributed by atoms with Crippen molar-refractivity contribution in [2.24, 2.45) is 17.8 Å². The summed E-state index contributed by atoms with van der Waals surface area (Å²) in [6.45, 7) is 12.1. The van der Waals surface area contributed by atoms with Gasteiger partial charge in [-0.1, -0.05) is 75.5 Å². The fourth-order valence-corrected chi connectivity index (χ4v) is 6.70. The number of methoxy groups -OCH3 is 1. The number of aromatic hydroxyl groups is 1. The maximum atomic E-state index is 14.6. The molecule has 0 aromatic heterocycles. The number of aliphatic hydroxyl groups is 3. The summed E-state index contributed by atoms with van der Waals surface area (Å²) in [5, 5.41) is 48.7. The Morgan fingerprint density at radius 3 is 2.13 bits per heavy atom. The minimum Gasteiger partial charge on any atom is -0.507 e. The number of Topliss-reactive ketones (excluding diaryl/α,β-unsaturated/α-hetero) is 4. The van der Waals surface area contributed by atoms with Gasteiger partial charge in [0.2, 0.25) is 11.7 Å². The van der Waals surface area contributed by atoms with Crippen LogP contribution in [0.25, 0.3) is 0 Å². The van der Waals surface area contributed by atoms with E-state index >= 15 is 0 Å². The number of amides is 2. The number of fused-ring (bicyclic) bond motifs is 18. The van der Waals surface area contributed by atoms with E-state index in [9.17, 15) is 54.0 Å². The summed E-state index contributed by atoms with van der Waals surface area (Å²) in [6, 6.07) is -0.288. The molecule has 7 atom stereocenters. The number of ketones is 4. The van der Waals surface area contributed by atoms with Gasteiger partial charge in [0.1, 0.15) is 11.8 Å². The van der Waals surface area contributed by atoms with Gasteiger partial charge in [0.15, 0.2) is 17.3 Å². The van der Waals surface area contributed by atoms with E-state index in [4.69, 9.17) is 4.74 Å². The van der Waals surface area contributed by atoms with Crippen molar-refractivity contribution in [1.82, 2.24) is 10.6 Å². The molecule has 0 saturated carbocycles. The lowest BCUT2D eigenvalue weighted by molar-refractivity contribution is -0.144. The first kappa shape index (κ1) is 48.5. The molecule has 0 fully saturated rings. The number of aryl methyl sites for hydroxylation is 1. The van der Waals surface area contributed by atoms with Crippen molar-refractivity contribution in [3.63, 3.8) is 0 Å². The Morgan fingerprint density at radius 2 is 1.50 bits per heavy atom. The van der Waals surface area contributed by atoms with Crippen LogP contribution in [-0.4, -0.2) is 92.8 Å². The van der Waals surface area contributed by atoms with E-state index in [1.807, 2.05) is 0 Å². The highest BCUT2D eigenvalue weighted by Crippen LogP contribution is 2.38. The van der Waals surface area contributed by atoms with Gasteiger partial charge in [-0.15, -0.1) is 0 Å². The Morgan fingerprint density at radius 1 is 0.833 bits per heavy atom. The van der Waals surface area contributed by atoms with Gasteiger partial charge in [-0.2, -0.15) is 0 Å². The molecule has 0 spiro atoms. The molecular weight excluding hydrogens is 773 g/mol. The second-order valence-corrected chi connectivity index (χ2v) is 15.4. The fraction of sp³-hybridized carbons (Fsp3) is 0.413. The number of hydrogen-bond donors (Lipinski definition) is 6. The first-order chi connectivity index (χ1) is 28.1. The lowest BCUT2D eigenvalue weighted by Crippen LogP contribution is -2.43. The minimum absolute atomic E-state index is 0.00818. The number of esters is 1. The maximum absolute atomic E-state index is 14.6. The summed E-state index contributed by atoms with van der Waals surface area (Å²) < 4.78 is 4.84. The SMILES string of the molecule is COC(=O)C(CC1=C2NC(=O)\C(C)=C/C=C\C=C\[C@H](C)[C@@H](O)CC(=O)/C(C)=C/C[C@H](O)/C=C/[C@H](C)[C@H](O)[C@@H](C)/C=C(\C)C(=O)c3c(O)c(C)cc(c3C1=O)C2=O)NC(C)=O. The highest BCUT2D eigenvalue weighted by Gasteiger charge is 2.40. The van der Waals surface area contributed by atoms with Crippen molar-refractivity contribution in [2.75, 3.05) is 7.11 Å². The Kier molecular flexibility index (Phi) is 17.3. The number of phenols is 1. The predicted molar refractivity (Wildman–Crippen MR) is 224 cm³/mol. The fourth-order valence-electron chi connectivity index (χ4n) is 6.70. The molecule has 2 heterocycles. The largest absolute Gasteiger partial charge is 0.507 e. The van der Waals surface area contributed by atoms with Crippen LogP contribution in [0.1, 0.15) is 104 Å². The monoisotopic (exact) mass is 828 g/mol. The van der Waals surface area contributed by atoms with Gasteiger partial charge in [0, 0.05) is 59.8 Å². The zero-order chi connectivity index (χ0) is 45.2. The van der Waals surface area contributed by atoms with Crippen LogP contribution in [0.3, 0.4) is 0 Å². The van der Waals surface area contributed by atoms with Crippen molar-refractivity contribution < 1.29 is 58.7 Å². The van der Waals surface area contributed by atoms with Crippen LogP contribution in [0.15, 0.2) is 88.7 Å². The third-order valence-electron chi connectivity index (χ3n) is 10.5. The smallest absolute Gasteiger partial charge is 0.328 e. The van der Waals surface area contributed by atoms with E-state index in [1.54, 1.807) is 58.1 Å². The van der Waals surface area contributed by atoms with Crippen molar-refractivity contribution >= 4 is 40.9 Å². The summed E-state index contributed by atoms with van der Waals surface area (Å²) in [5.41, 5.74) is -1.71. The van der Waals surface area contributed by atoms with E-state index in [0.717, 1.165) is 14.0 Å². The van der Waals surface area contributed by atoms with Crippen molar-refractivity contribution in [2.45, 2.75) is 99.0 Å². The average Bonchev–Trinajstić information content (AvgIpc) is 3.20.